The number of hydrogen-bond acceptors (Lipinski definition) is 5. The first-order chi connectivity index (χ1) is 13.0. The third-order valence-electron chi connectivity index (χ3n) is 6.09. The van der Waals surface area contributed by atoms with Crippen LogP contribution in [-0.2, 0) is 13.0 Å². The van der Waals surface area contributed by atoms with Gasteiger partial charge in [-0.05, 0) is 51.0 Å². The van der Waals surface area contributed by atoms with Crippen LogP contribution in [0.25, 0.3) is 10.2 Å². The Kier molecular flexibility index (Phi) is 6.47. The van der Waals surface area contributed by atoms with Gasteiger partial charge in [-0.15, -0.1) is 23.7 Å². The predicted molar refractivity (Wildman–Crippen MR) is 116 cm³/mol. The molecule has 2 atom stereocenters. The minimum Gasteiger partial charge on any atom is -0.338 e. The van der Waals surface area contributed by atoms with Crippen molar-refractivity contribution in [3.8, 4) is 0 Å². The maximum Gasteiger partial charge on any atom is 0.264 e. The number of nitrogens with two attached hydrogens (primary N) is 1. The predicted octanol–water partition coefficient (Wildman–Crippen LogP) is 3.11. The fourth-order valence-corrected chi connectivity index (χ4v) is 5.54. The average molecular weight is 425 g/mol. The summed E-state index contributed by atoms with van der Waals surface area (Å²) in [6, 6.07) is 0.0890. The Balaban J connectivity index is 0.00000225. The highest BCUT2D eigenvalue weighted by Gasteiger charge is 2.29. The molecule has 4 rings (SSSR count). The van der Waals surface area contributed by atoms with Crippen molar-refractivity contribution >= 4 is 39.9 Å². The fourth-order valence-electron chi connectivity index (χ4n) is 4.38. The van der Waals surface area contributed by atoms with Crippen molar-refractivity contribution in [3.63, 3.8) is 0 Å². The van der Waals surface area contributed by atoms with Gasteiger partial charge >= 0.3 is 0 Å². The van der Waals surface area contributed by atoms with Crippen LogP contribution in [0.4, 0.5) is 0 Å². The summed E-state index contributed by atoms with van der Waals surface area (Å²) in [7, 11) is 0. The minimum atomic E-state index is 0. The number of aromatic nitrogens is 2. The Morgan fingerprint density at radius 1 is 1.25 bits per heavy atom. The summed E-state index contributed by atoms with van der Waals surface area (Å²) < 4.78 is 1.83. The van der Waals surface area contributed by atoms with E-state index in [0.717, 1.165) is 67.8 Å². The number of carbonyl (C=O) groups excluding carboxylic acids is 1. The second-order valence-electron chi connectivity index (χ2n) is 8.04. The second kappa shape index (κ2) is 8.51. The quantitative estimate of drug-likeness (QED) is 0.803. The van der Waals surface area contributed by atoms with Crippen molar-refractivity contribution in [1.82, 2.24) is 14.5 Å². The minimum absolute atomic E-state index is 0. The van der Waals surface area contributed by atoms with Gasteiger partial charge in [0, 0.05) is 32.1 Å². The summed E-state index contributed by atoms with van der Waals surface area (Å²) in [5, 5.41) is 0.634. The molecule has 1 fully saturated rings. The van der Waals surface area contributed by atoms with Gasteiger partial charge in [0.05, 0.1) is 10.3 Å². The maximum atomic E-state index is 13.2. The molecule has 0 radical (unpaired) electrons. The summed E-state index contributed by atoms with van der Waals surface area (Å²) in [6.07, 6.45) is 6.12. The van der Waals surface area contributed by atoms with Crippen molar-refractivity contribution in [1.29, 1.82) is 0 Å². The van der Waals surface area contributed by atoms with Gasteiger partial charge in [-0.25, -0.2) is 4.98 Å². The number of carbonyl (C=O) groups is 1. The van der Waals surface area contributed by atoms with Crippen LogP contribution in [-0.4, -0.2) is 39.5 Å². The normalized spacial score (nSPS) is 21.0. The van der Waals surface area contributed by atoms with E-state index in [-0.39, 0.29) is 29.9 Å². The molecule has 2 aromatic rings. The molecule has 0 aromatic carbocycles. The number of halogens is 1. The van der Waals surface area contributed by atoms with E-state index in [0.29, 0.717) is 22.7 Å². The van der Waals surface area contributed by atoms with Crippen molar-refractivity contribution in [2.75, 3.05) is 13.1 Å². The van der Waals surface area contributed by atoms with Crippen molar-refractivity contribution in [2.24, 2.45) is 11.7 Å². The molecule has 6 nitrogen and oxygen atoms in total. The number of fused-ring (bicyclic) bond motifs is 2. The SMILES string of the molecule is Cc1c(C(=O)N2CCCC(C(C)N)C2)sc2nc3n(c(=O)c12)CCCCC3.Cl. The lowest BCUT2D eigenvalue weighted by Gasteiger charge is -2.34. The van der Waals surface area contributed by atoms with Crippen LogP contribution < -0.4 is 11.3 Å². The van der Waals surface area contributed by atoms with E-state index < -0.39 is 0 Å². The van der Waals surface area contributed by atoms with Crippen molar-refractivity contribution < 1.29 is 4.79 Å². The number of aryl methyl sites for hydroxylation is 2. The molecule has 154 valence electrons. The first-order valence-electron chi connectivity index (χ1n) is 10.0. The van der Waals surface area contributed by atoms with Crippen LogP contribution in [0.3, 0.4) is 0 Å². The molecule has 0 saturated carbocycles. The van der Waals surface area contributed by atoms with Crippen molar-refractivity contribution in [2.45, 2.75) is 65.0 Å². The fraction of sp³-hybridized carbons (Fsp3) is 0.650. The summed E-state index contributed by atoms with van der Waals surface area (Å²) in [6.45, 7) is 6.11. The standard InChI is InChI=1S/C20H28N4O2S.ClH/c1-12-16-18(22-15-8-4-3-5-10-24(15)19(16)25)27-17(12)20(26)23-9-6-7-14(11-23)13(2)21;/h13-14H,3-11,21H2,1-2H3;1H. The van der Waals surface area contributed by atoms with E-state index >= 15 is 0 Å². The molecule has 2 aliphatic heterocycles. The summed E-state index contributed by atoms with van der Waals surface area (Å²) in [5.74, 6) is 1.25. The average Bonchev–Trinajstić information content (AvgIpc) is 2.83. The van der Waals surface area contributed by atoms with E-state index in [2.05, 4.69) is 0 Å². The van der Waals surface area contributed by atoms with E-state index in [1.807, 2.05) is 23.3 Å². The number of nitrogens with zero attached hydrogens (tertiary/aromatic N) is 3. The third-order valence-corrected chi connectivity index (χ3v) is 7.27. The molecule has 4 heterocycles. The smallest absolute Gasteiger partial charge is 0.264 e. The van der Waals surface area contributed by atoms with E-state index in [4.69, 9.17) is 10.7 Å². The number of likely N-dealkylation sites (tertiary alicyclic amines) is 1. The lowest BCUT2D eigenvalue weighted by molar-refractivity contribution is 0.0665. The van der Waals surface area contributed by atoms with E-state index in [9.17, 15) is 9.59 Å². The van der Waals surface area contributed by atoms with Crippen molar-refractivity contribution in [3.05, 3.63) is 26.6 Å². The van der Waals surface area contributed by atoms with Gasteiger partial charge < -0.3 is 10.6 Å². The second-order valence-corrected chi connectivity index (χ2v) is 9.04. The maximum absolute atomic E-state index is 13.2. The molecule has 1 saturated heterocycles. The Bertz CT molecular complexity index is 936. The monoisotopic (exact) mass is 424 g/mol. The molecule has 0 spiro atoms. The van der Waals surface area contributed by atoms with Gasteiger partial charge in [0.2, 0.25) is 0 Å². The van der Waals surface area contributed by atoms with Gasteiger partial charge in [-0.1, -0.05) is 6.42 Å². The Morgan fingerprint density at radius 3 is 2.79 bits per heavy atom. The van der Waals surface area contributed by atoms with Gasteiger partial charge in [0.1, 0.15) is 10.7 Å². The molecule has 2 aliphatic rings. The molecule has 28 heavy (non-hydrogen) atoms. The van der Waals surface area contributed by atoms with Gasteiger partial charge in [0.15, 0.2) is 0 Å². The summed E-state index contributed by atoms with van der Waals surface area (Å²) in [5.41, 5.74) is 6.89. The van der Waals surface area contributed by atoms with Crippen LogP contribution in [0.1, 0.15) is 60.1 Å². The van der Waals surface area contributed by atoms with Gasteiger partial charge in [-0.3, -0.25) is 14.2 Å². The lowest BCUT2D eigenvalue weighted by Crippen LogP contribution is -2.45. The molecule has 0 aliphatic carbocycles. The molecule has 2 aromatic heterocycles. The zero-order valence-corrected chi connectivity index (χ0v) is 18.2. The van der Waals surface area contributed by atoms with E-state index in [1.54, 1.807) is 0 Å². The molecule has 0 bridgehead atoms. The van der Waals surface area contributed by atoms with Crippen LogP contribution in [0.15, 0.2) is 4.79 Å². The van der Waals surface area contributed by atoms with Crippen LogP contribution in [0.5, 0.6) is 0 Å². The molecule has 8 heteroatoms. The summed E-state index contributed by atoms with van der Waals surface area (Å²) >= 11 is 1.38. The highest BCUT2D eigenvalue weighted by molar-refractivity contribution is 7.20. The van der Waals surface area contributed by atoms with Crippen LogP contribution >= 0.6 is 23.7 Å². The number of thiophene rings is 1. The molecule has 2 N–H and O–H groups in total. The molecular weight excluding hydrogens is 396 g/mol. The number of hydrogen-bond donors (Lipinski definition) is 1. The molecule has 2 unspecified atom stereocenters. The zero-order valence-electron chi connectivity index (χ0n) is 16.6. The molecular formula is C20H29ClN4O2S. The number of rotatable bonds is 2. The van der Waals surface area contributed by atoms with Crippen LogP contribution in [0, 0.1) is 12.8 Å². The zero-order chi connectivity index (χ0) is 19.1. The molecule has 1 amide bonds. The first kappa shape index (κ1) is 21.3. The summed E-state index contributed by atoms with van der Waals surface area (Å²) in [4.78, 5) is 34.4. The topological polar surface area (TPSA) is 81.2 Å². The first-order valence-corrected chi connectivity index (χ1v) is 10.9. The Morgan fingerprint density at radius 2 is 2.04 bits per heavy atom. The Labute approximate surface area is 175 Å². The van der Waals surface area contributed by atoms with E-state index in [1.165, 1.54) is 11.3 Å². The van der Waals surface area contributed by atoms with Gasteiger partial charge in [-0.2, -0.15) is 0 Å². The largest absolute Gasteiger partial charge is 0.338 e. The van der Waals surface area contributed by atoms with Crippen LogP contribution in [0.2, 0.25) is 0 Å². The lowest BCUT2D eigenvalue weighted by atomic mass is 9.92. The Hall–Kier alpha value is -1.44. The number of piperidine rings is 1. The highest BCUT2D eigenvalue weighted by atomic mass is 35.5. The highest BCUT2D eigenvalue weighted by Crippen LogP contribution is 2.31. The van der Waals surface area contributed by atoms with Gasteiger partial charge in [0.25, 0.3) is 11.5 Å². The number of amides is 1. The third kappa shape index (κ3) is 3.72.